The van der Waals surface area contributed by atoms with Gasteiger partial charge in [-0.1, -0.05) is 42.5 Å². The summed E-state index contributed by atoms with van der Waals surface area (Å²) in [5, 5.41) is 4.06. The highest BCUT2D eigenvalue weighted by Gasteiger charge is 2.22. The number of carbonyl (C=O) groups excluding carboxylic acids is 1. The highest BCUT2D eigenvalue weighted by atomic mass is 16.7. The van der Waals surface area contributed by atoms with E-state index in [-0.39, 0.29) is 12.1 Å². The van der Waals surface area contributed by atoms with Crippen molar-refractivity contribution in [2.45, 2.75) is 33.4 Å². The zero-order valence-corrected chi connectivity index (χ0v) is 16.8. The van der Waals surface area contributed by atoms with Gasteiger partial charge in [-0.25, -0.2) is 4.79 Å². The van der Waals surface area contributed by atoms with Crippen LogP contribution in [0.15, 0.2) is 66.7 Å². The summed E-state index contributed by atoms with van der Waals surface area (Å²) in [4.78, 5) is 18.2. The molecule has 0 spiro atoms. The van der Waals surface area contributed by atoms with Crippen LogP contribution in [-0.4, -0.2) is 22.7 Å². The highest BCUT2D eigenvalue weighted by molar-refractivity contribution is 5.73. The SMILES string of the molecule is CNC(=O)N(OCc1ccccc1)C(C)c1ccc(-n2c(C)ccc2C)cc1. The van der Waals surface area contributed by atoms with Crippen LogP contribution in [-0.2, 0) is 11.4 Å². The van der Waals surface area contributed by atoms with Crippen molar-refractivity contribution in [1.29, 1.82) is 0 Å². The number of urea groups is 1. The fourth-order valence-electron chi connectivity index (χ4n) is 3.29. The number of carbonyl (C=O) groups is 1. The molecule has 1 unspecified atom stereocenters. The van der Waals surface area contributed by atoms with Crippen molar-refractivity contribution in [2.75, 3.05) is 7.05 Å². The third kappa shape index (κ3) is 4.26. The molecule has 0 saturated heterocycles. The summed E-state index contributed by atoms with van der Waals surface area (Å²) in [6, 6.07) is 21.8. The van der Waals surface area contributed by atoms with Crippen LogP contribution in [0.1, 0.15) is 35.5 Å². The van der Waals surface area contributed by atoms with E-state index in [0.29, 0.717) is 6.61 Å². The van der Waals surface area contributed by atoms with Crippen molar-refractivity contribution in [3.05, 3.63) is 89.2 Å². The molecule has 0 radical (unpaired) electrons. The van der Waals surface area contributed by atoms with Crippen molar-refractivity contribution in [3.8, 4) is 5.69 Å². The van der Waals surface area contributed by atoms with E-state index in [4.69, 9.17) is 4.84 Å². The number of nitrogens with one attached hydrogen (secondary N) is 1. The van der Waals surface area contributed by atoms with Crippen molar-refractivity contribution in [3.63, 3.8) is 0 Å². The van der Waals surface area contributed by atoms with Gasteiger partial charge in [-0.3, -0.25) is 4.84 Å². The Bertz CT molecular complexity index is 897. The maximum atomic E-state index is 12.4. The Morgan fingerprint density at radius 2 is 1.61 bits per heavy atom. The molecule has 5 heteroatoms. The van der Waals surface area contributed by atoms with Crippen LogP contribution in [0.25, 0.3) is 5.69 Å². The van der Waals surface area contributed by atoms with Gasteiger partial charge in [0.2, 0.25) is 0 Å². The second-order valence-electron chi connectivity index (χ2n) is 6.86. The van der Waals surface area contributed by atoms with Gasteiger partial charge < -0.3 is 9.88 Å². The lowest BCUT2D eigenvalue weighted by molar-refractivity contribution is -0.152. The first-order valence-electron chi connectivity index (χ1n) is 9.44. The fourth-order valence-corrected chi connectivity index (χ4v) is 3.29. The molecule has 0 fully saturated rings. The largest absolute Gasteiger partial charge is 0.341 e. The van der Waals surface area contributed by atoms with Gasteiger partial charge >= 0.3 is 6.03 Å². The highest BCUT2D eigenvalue weighted by Crippen LogP contribution is 2.24. The summed E-state index contributed by atoms with van der Waals surface area (Å²) >= 11 is 0. The molecule has 1 N–H and O–H groups in total. The molecular weight excluding hydrogens is 350 g/mol. The van der Waals surface area contributed by atoms with E-state index < -0.39 is 0 Å². The second-order valence-corrected chi connectivity index (χ2v) is 6.86. The minimum Gasteiger partial charge on any atom is -0.339 e. The van der Waals surface area contributed by atoms with Gasteiger partial charge in [0.05, 0.1) is 6.04 Å². The van der Waals surface area contributed by atoms with Crippen molar-refractivity contribution >= 4 is 6.03 Å². The first-order chi connectivity index (χ1) is 13.5. The normalized spacial score (nSPS) is 11.9. The molecule has 0 saturated carbocycles. The predicted molar refractivity (Wildman–Crippen MR) is 111 cm³/mol. The molecule has 1 aromatic heterocycles. The van der Waals surface area contributed by atoms with Gasteiger partial charge in [0.1, 0.15) is 6.61 Å². The number of aromatic nitrogens is 1. The molecule has 1 heterocycles. The maximum absolute atomic E-state index is 12.4. The third-order valence-electron chi connectivity index (χ3n) is 4.88. The first-order valence-corrected chi connectivity index (χ1v) is 9.44. The zero-order valence-electron chi connectivity index (χ0n) is 16.8. The summed E-state index contributed by atoms with van der Waals surface area (Å²) in [6.45, 7) is 6.47. The Balaban J connectivity index is 1.78. The molecule has 0 bridgehead atoms. The molecule has 3 rings (SSSR count). The number of aryl methyl sites for hydroxylation is 2. The molecular formula is C23H27N3O2. The number of hydrogen-bond acceptors (Lipinski definition) is 2. The minimum atomic E-state index is -0.274. The summed E-state index contributed by atoms with van der Waals surface area (Å²) < 4.78 is 2.21. The van der Waals surface area contributed by atoms with Crippen LogP contribution >= 0.6 is 0 Å². The van der Waals surface area contributed by atoms with Gasteiger partial charge in [0.25, 0.3) is 0 Å². The van der Waals surface area contributed by atoms with Crippen molar-refractivity contribution < 1.29 is 9.63 Å². The lowest BCUT2D eigenvalue weighted by Crippen LogP contribution is -2.39. The van der Waals surface area contributed by atoms with Crippen LogP contribution in [0.5, 0.6) is 0 Å². The molecule has 3 aromatic rings. The lowest BCUT2D eigenvalue weighted by Gasteiger charge is -2.28. The molecule has 0 aliphatic heterocycles. The number of rotatable bonds is 6. The van der Waals surface area contributed by atoms with E-state index >= 15 is 0 Å². The van der Waals surface area contributed by atoms with Crippen molar-refractivity contribution in [1.82, 2.24) is 14.9 Å². The van der Waals surface area contributed by atoms with Crippen LogP contribution in [0.4, 0.5) is 4.79 Å². The van der Waals surface area contributed by atoms with Crippen LogP contribution in [0, 0.1) is 13.8 Å². The second kappa shape index (κ2) is 8.76. The number of benzene rings is 2. The van der Waals surface area contributed by atoms with Gasteiger partial charge in [0.15, 0.2) is 0 Å². The maximum Gasteiger partial charge on any atom is 0.341 e. The quantitative estimate of drug-likeness (QED) is 0.619. The minimum absolute atomic E-state index is 0.232. The van der Waals surface area contributed by atoms with Gasteiger partial charge in [-0.2, -0.15) is 5.06 Å². The number of hydrogen-bond donors (Lipinski definition) is 1. The Morgan fingerprint density at radius 3 is 2.18 bits per heavy atom. The van der Waals surface area contributed by atoms with E-state index in [9.17, 15) is 4.79 Å². The van der Waals surface area contributed by atoms with E-state index in [0.717, 1.165) is 16.8 Å². The van der Waals surface area contributed by atoms with Crippen LogP contribution in [0.2, 0.25) is 0 Å². The molecule has 0 aliphatic rings. The summed E-state index contributed by atoms with van der Waals surface area (Å²) in [5.74, 6) is 0. The standard InChI is InChI=1S/C23H27N3O2/c1-17-10-11-18(2)25(17)22-14-12-21(13-15-22)19(3)26(23(27)24-4)28-16-20-8-6-5-7-9-20/h5-15,19H,16H2,1-4H3,(H,24,27). The number of amides is 2. The van der Waals surface area contributed by atoms with Gasteiger partial charge in [0, 0.05) is 24.1 Å². The topological polar surface area (TPSA) is 46.5 Å². The molecule has 2 amide bonds. The molecule has 1 atom stereocenters. The first kappa shape index (κ1) is 19.7. The predicted octanol–water partition coefficient (Wildman–Crippen LogP) is 4.93. The molecule has 28 heavy (non-hydrogen) atoms. The van der Waals surface area contributed by atoms with Gasteiger partial charge in [-0.15, -0.1) is 0 Å². The molecule has 0 aliphatic carbocycles. The number of nitrogens with zero attached hydrogens (tertiary/aromatic N) is 2. The van der Waals surface area contributed by atoms with E-state index in [1.165, 1.54) is 16.5 Å². The Hall–Kier alpha value is -3.05. The third-order valence-corrected chi connectivity index (χ3v) is 4.88. The van der Waals surface area contributed by atoms with Gasteiger partial charge in [-0.05, 0) is 56.2 Å². The van der Waals surface area contributed by atoms with E-state index in [1.807, 2.05) is 49.4 Å². The summed E-state index contributed by atoms with van der Waals surface area (Å²) in [7, 11) is 1.61. The average molecular weight is 377 g/mol. The van der Waals surface area contributed by atoms with E-state index in [1.54, 1.807) is 7.05 Å². The Kier molecular flexibility index (Phi) is 6.16. The molecule has 146 valence electrons. The molecule has 5 nitrogen and oxygen atoms in total. The molecule has 2 aromatic carbocycles. The summed E-state index contributed by atoms with van der Waals surface area (Å²) in [5.41, 5.74) is 5.50. The monoisotopic (exact) mass is 377 g/mol. The fraction of sp³-hybridized carbons (Fsp3) is 0.261. The smallest absolute Gasteiger partial charge is 0.339 e. The zero-order chi connectivity index (χ0) is 20.1. The summed E-state index contributed by atoms with van der Waals surface area (Å²) in [6.07, 6.45) is 0. The average Bonchev–Trinajstić information content (AvgIpc) is 3.06. The van der Waals surface area contributed by atoms with Crippen LogP contribution in [0.3, 0.4) is 0 Å². The van der Waals surface area contributed by atoms with Crippen molar-refractivity contribution in [2.24, 2.45) is 0 Å². The Labute approximate surface area is 166 Å². The Morgan fingerprint density at radius 1 is 1.00 bits per heavy atom. The van der Waals surface area contributed by atoms with E-state index in [2.05, 4.69) is 48.0 Å². The lowest BCUT2D eigenvalue weighted by atomic mass is 10.1. The number of hydroxylamine groups is 2. The van der Waals surface area contributed by atoms with Crippen LogP contribution < -0.4 is 5.32 Å².